The van der Waals surface area contributed by atoms with Crippen LogP contribution < -0.4 is 15.0 Å². The fourth-order valence-corrected chi connectivity index (χ4v) is 2.85. The highest BCUT2D eigenvalue weighted by Crippen LogP contribution is 2.34. The number of nitrogens with one attached hydrogen (secondary N) is 1. The Morgan fingerprint density at radius 1 is 1.22 bits per heavy atom. The van der Waals surface area contributed by atoms with Gasteiger partial charge < -0.3 is 15.0 Å². The highest BCUT2D eigenvalue weighted by atomic mass is 79.9. The van der Waals surface area contributed by atoms with Gasteiger partial charge in [-0.25, -0.2) is 0 Å². The monoisotopic (exact) mass is 374 g/mol. The van der Waals surface area contributed by atoms with Gasteiger partial charge in [0.2, 0.25) is 5.91 Å². The molecule has 0 saturated heterocycles. The van der Waals surface area contributed by atoms with Gasteiger partial charge in [0.05, 0.1) is 12.2 Å². The van der Waals surface area contributed by atoms with Gasteiger partial charge in [0, 0.05) is 22.6 Å². The summed E-state index contributed by atoms with van der Waals surface area (Å²) in [6.07, 6.45) is 0. The summed E-state index contributed by atoms with van der Waals surface area (Å²) < 4.78 is 6.39. The van der Waals surface area contributed by atoms with Gasteiger partial charge >= 0.3 is 0 Å². The number of nitrogens with zero attached hydrogens (tertiary/aromatic N) is 1. The molecule has 0 atom stereocenters. The molecular weight excluding hydrogens is 360 g/mol. The molecule has 0 fully saturated rings. The third-order valence-electron chi connectivity index (χ3n) is 3.55. The molecular formula is C17H15BrN2O3. The number of hydrogen-bond acceptors (Lipinski definition) is 3. The molecule has 0 spiro atoms. The Balaban J connectivity index is 1.85. The second-order valence-corrected chi connectivity index (χ2v) is 6.08. The number of amides is 2. The first-order valence-corrected chi connectivity index (χ1v) is 7.96. The molecule has 0 bridgehead atoms. The summed E-state index contributed by atoms with van der Waals surface area (Å²) >= 11 is 3.35. The van der Waals surface area contributed by atoms with E-state index < -0.39 is 0 Å². The number of benzene rings is 2. The fraction of sp³-hybridized carbons (Fsp3) is 0.176. The molecule has 1 aliphatic rings. The number of carbonyl (C=O) groups excluding carboxylic acids is 2. The maximum absolute atomic E-state index is 12.3. The summed E-state index contributed by atoms with van der Waals surface area (Å²) in [4.78, 5) is 25.7. The molecule has 0 saturated carbocycles. The molecule has 23 heavy (non-hydrogen) atoms. The molecule has 0 unspecified atom stereocenters. The Kier molecular flexibility index (Phi) is 4.34. The Hall–Kier alpha value is -2.34. The molecule has 1 aliphatic heterocycles. The van der Waals surface area contributed by atoms with Crippen molar-refractivity contribution >= 4 is 39.1 Å². The zero-order valence-corrected chi connectivity index (χ0v) is 14.1. The number of halogens is 1. The summed E-state index contributed by atoms with van der Waals surface area (Å²) in [5, 5.41) is 2.84. The molecule has 3 rings (SSSR count). The molecule has 0 radical (unpaired) electrons. The second-order valence-electron chi connectivity index (χ2n) is 5.17. The van der Waals surface area contributed by atoms with Crippen molar-refractivity contribution in [3.8, 4) is 5.75 Å². The minimum atomic E-state index is -0.211. The van der Waals surface area contributed by atoms with Crippen LogP contribution in [-0.4, -0.2) is 25.0 Å². The van der Waals surface area contributed by atoms with Gasteiger partial charge in [0.1, 0.15) is 12.4 Å². The van der Waals surface area contributed by atoms with Crippen molar-refractivity contribution in [2.75, 3.05) is 23.4 Å². The van der Waals surface area contributed by atoms with Crippen LogP contribution in [0.2, 0.25) is 0 Å². The molecule has 118 valence electrons. The lowest BCUT2D eigenvalue weighted by molar-refractivity contribution is -0.116. The van der Waals surface area contributed by atoms with Crippen LogP contribution in [0.4, 0.5) is 11.4 Å². The van der Waals surface area contributed by atoms with Crippen molar-refractivity contribution in [2.45, 2.75) is 6.92 Å². The SMILES string of the molecule is CC(=O)N1CCOc2ccc(NC(=O)c3cccc(Br)c3)cc21. The second kappa shape index (κ2) is 6.42. The first kappa shape index (κ1) is 15.6. The van der Waals surface area contributed by atoms with Gasteiger partial charge in [-0.1, -0.05) is 22.0 Å². The van der Waals surface area contributed by atoms with E-state index in [-0.39, 0.29) is 11.8 Å². The summed E-state index contributed by atoms with van der Waals surface area (Å²) in [6, 6.07) is 12.4. The normalized spacial score (nSPS) is 13.0. The average molecular weight is 375 g/mol. The van der Waals surface area contributed by atoms with E-state index in [1.165, 1.54) is 6.92 Å². The van der Waals surface area contributed by atoms with E-state index in [4.69, 9.17) is 4.74 Å². The summed E-state index contributed by atoms with van der Waals surface area (Å²) in [6.45, 7) is 2.49. The van der Waals surface area contributed by atoms with Crippen LogP contribution in [0.3, 0.4) is 0 Å². The highest BCUT2D eigenvalue weighted by Gasteiger charge is 2.21. The number of fused-ring (bicyclic) bond motifs is 1. The third-order valence-corrected chi connectivity index (χ3v) is 4.04. The number of ether oxygens (including phenoxy) is 1. The first-order chi connectivity index (χ1) is 11.0. The van der Waals surface area contributed by atoms with Crippen LogP contribution in [0.1, 0.15) is 17.3 Å². The standard InChI is InChI=1S/C17H15BrN2O3/c1-11(21)20-7-8-23-16-6-5-14(10-15(16)20)19-17(22)12-3-2-4-13(18)9-12/h2-6,9-10H,7-8H2,1H3,(H,19,22). The van der Waals surface area contributed by atoms with Gasteiger partial charge in [0.15, 0.2) is 0 Å². The van der Waals surface area contributed by atoms with Crippen LogP contribution in [0.15, 0.2) is 46.9 Å². The van der Waals surface area contributed by atoms with Crippen LogP contribution in [0.25, 0.3) is 0 Å². The minimum Gasteiger partial charge on any atom is -0.490 e. The molecule has 1 heterocycles. The fourth-order valence-electron chi connectivity index (χ4n) is 2.46. The zero-order valence-electron chi connectivity index (χ0n) is 12.5. The third kappa shape index (κ3) is 3.37. The van der Waals surface area contributed by atoms with E-state index in [1.54, 1.807) is 41.3 Å². The molecule has 1 N–H and O–H groups in total. The first-order valence-electron chi connectivity index (χ1n) is 7.16. The summed E-state index contributed by atoms with van der Waals surface area (Å²) in [7, 11) is 0. The number of carbonyl (C=O) groups is 2. The predicted molar refractivity (Wildman–Crippen MR) is 92.1 cm³/mol. The number of rotatable bonds is 2. The Morgan fingerprint density at radius 2 is 2.04 bits per heavy atom. The Bertz CT molecular complexity index is 776. The van der Waals surface area contributed by atoms with Gasteiger partial charge in [-0.15, -0.1) is 0 Å². The molecule has 0 aromatic heterocycles. The van der Waals surface area contributed by atoms with E-state index in [0.717, 1.165) is 4.47 Å². The van der Waals surface area contributed by atoms with Crippen molar-refractivity contribution in [3.05, 3.63) is 52.5 Å². The van der Waals surface area contributed by atoms with E-state index in [1.807, 2.05) is 6.07 Å². The van der Waals surface area contributed by atoms with E-state index in [9.17, 15) is 9.59 Å². The number of hydrogen-bond donors (Lipinski definition) is 1. The van der Waals surface area contributed by atoms with Gasteiger partial charge in [-0.3, -0.25) is 9.59 Å². The van der Waals surface area contributed by atoms with Crippen LogP contribution in [0.5, 0.6) is 5.75 Å². The molecule has 2 aromatic carbocycles. The lowest BCUT2D eigenvalue weighted by atomic mass is 10.2. The maximum Gasteiger partial charge on any atom is 0.255 e. The van der Waals surface area contributed by atoms with Crippen molar-refractivity contribution in [3.63, 3.8) is 0 Å². The lowest BCUT2D eigenvalue weighted by Crippen LogP contribution is -2.36. The van der Waals surface area contributed by atoms with Gasteiger partial charge in [0.25, 0.3) is 5.91 Å². The van der Waals surface area contributed by atoms with Crippen molar-refractivity contribution in [1.29, 1.82) is 0 Å². The lowest BCUT2D eigenvalue weighted by Gasteiger charge is -2.29. The summed E-state index contributed by atoms with van der Waals surface area (Å²) in [5.74, 6) is 0.384. The zero-order chi connectivity index (χ0) is 16.4. The molecule has 6 heteroatoms. The van der Waals surface area contributed by atoms with Gasteiger partial charge in [-0.05, 0) is 36.4 Å². The van der Waals surface area contributed by atoms with Crippen LogP contribution >= 0.6 is 15.9 Å². The van der Waals surface area contributed by atoms with E-state index in [0.29, 0.717) is 35.8 Å². The topological polar surface area (TPSA) is 58.6 Å². The van der Waals surface area contributed by atoms with Gasteiger partial charge in [-0.2, -0.15) is 0 Å². The highest BCUT2D eigenvalue weighted by molar-refractivity contribution is 9.10. The van der Waals surface area contributed by atoms with Crippen molar-refractivity contribution in [1.82, 2.24) is 0 Å². The van der Waals surface area contributed by atoms with E-state index in [2.05, 4.69) is 21.2 Å². The maximum atomic E-state index is 12.3. The van der Waals surface area contributed by atoms with Crippen molar-refractivity contribution < 1.29 is 14.3 Å². The molecule has 2 aromatic rings. The van der Waals surface area contributed by atoms with Crippen LogP contribution in [0, 0.1) is 0 Å². The predicted octanol–water partition coefficient (Wildman–Crippen LogP) is 3.45. The van der Waals surface area contributed by atoms with E-state index >= 15 is 0 Å². The quantitative estimate of drug-likeness (QED) is 0.875. The average Bonchev–Trinajstić information content (AvgIpc) is 2.54. The molecule has 2 amide bonds. The molecule has 0 aliphatic carbocycles. The minimum absolute atomic E-state index is 0.0509. The Labute approximate surface area is 142 Å². The Morgan fingerprint density at radius 3 is 2.78 bits per heavy atom. The smallest absolute Gasteiger partial charge is 0.255 e. The molecule has 5 nitrogen and oxygen atoms in total. The largest absolute Gasteiger partial charge is 0.490 e. The van der Waals surface area contributed by atoms with Crippen molar-refractivity contribution in [2.24, 2.45) is 0 Å². The summed E-state index contributed by atoms with van der Waals surface area (Å²) in [5.41, 5.74) is 1.85. The van der Waals surface area contributed by atoms with Crippen LogP contribution in [-0.2, 0) is 4.79 Å². The number of anilines is 2.